The molecule has 1 saturated heterocycles. The molecule has 1 aromatic rings. The maximum absolute atomic E-state index is 6.19. The van der Waals surface area contributed by atoms with Gasteiger partial charge in [-0.1, -0.05) is 6.07 Å². The fourth-order valence-corrected chi connectivity index (χ4v) is 3.66. The minimum atomic E-state index is 0.134. The van der Waals surface area contributed by atoms with E-state index in [1.165, 1.54) is 24.8 Å². The number of rotatable bonds is 4. The number of hydrogen-bond acceptors (Lipinski definition) is 3. The van der Waals surface area contributed by atoms with Gasteiger partial charge in [-0.3, -0.25) is 0 Å². The van der Waals surface area contributed by atoms with Crippen LogP contribution in [0.15, 0.2) is 22.7 Å². The monoisotopic (exact) mass is 339 g/mol. The summed E-state index contributed by atoms with van der Waals surface area (Å²) in [5, 5.41) is 0. The Kier molecular flexibility index (Phi) is 4.34. The molecule has 1 spiro atoms. The van der Waals surface area contributed by atoms with Crippen LogP contribution in [-0.4, -0.2) is 24.9 Å². The lowest BCUT2D eigenvalue weighted by Crippen LogP contribution is -2.48. The Bertz CT molecular complexity index is 474. The number of ether oxygens (including phenoxy) is 2. The summed E-state index contributed by atoms with van der Waals surface area (Å²) in [6.07, 6.45) is 6.89. The van der Waals surface area contributed by atoms with Gasteiger partial charge in [0.05, 0.1) is 16.7 Å². The average Bonchev–Trinajstić information content (AvgIpc) is 2.41. The van der Waals surface area contributed by atoms with Gasteiger partial charge >= 0.3 is 0 Å². The van der Waals surface area contributed by atoms with E-state index in [-0.39, 0.29) is 11.7 Å². The molecule has 0 bridgehead atoms. The molecular formula is C16H22BrNO2. The standard InChI is InChI=1S/C16H22BrNO2/c17-14-10-12(4-8-18)2-3-15(14)20-13-5-9-19-16(11-13)6-1-7-16/h2-3,10,13H,1,4-9,11,18H2. The summed E-state index contributed by atoms with van der Waals surface area (Å²) in [6, 6.07) is 6.27. The van der Waals surface area contributed by atoms with Crippen LogP contribution in [0, 0.1) is 0 Å². The Labute approximate surface area is 129 Å². The molecule has 1 saturated carbocycles. The quantitative estimate of drug-likeness (QED) is 0.913. The predicted octanol–water partition coefficient (Wildman–Crippen LogP) is 3.43. The van der Waals surface area contributed by atoms with Gasteiger partial charge in [-0.05, 0) is 65.9 Å². The highest BCUT2D eigenvalue weighted by Gasteiger charge is 2.43. The van der Waals surface area contributed by atoms with Crippen molar-refractivity contribution in [1.29, 1.82) is 0 Å². The van der Waals surface area contributed by atoms with E-state index in [9.17, 15) is 0 Å². The zero-order valence-electron chi connectivity index (χ0n) is 11.7. The molecule has 0 radical (unpaired) electrons. The first-order valence-corrected chi connectivity index (χ1v) is 8.29. The van der Waals surface area contributed by atoms with Crippen LogP contribution in [0.1, 0.15) is 37.7 Å². The third-order valence-corrected chi connectivity index (χ3v) is 5.06. The topological polar surface area (TPSA) is 44.5 Å². The van der Waals surface area contributed by atoms with Crippen LogP contribution < -0.4 is 10.5 Å². The normalized spacial score (nSPS) is 24.4. The van der Waals surface area contributed by atoms with Crippen LogP contribution in [-0.2, 0) is 11.2 Å². The van der Waals surface area contributed by atoms with Gasteiger partial charge in [-0.2, -0.15) is 0 Å². The van der Waals surface area contributed by atoms with Crippen molar-refractivity contribution in [2.24, 2.45) is 5.73 Å². The Morgan fingerprint density at radius 3 is 2.90 bits per heavy atom. The van der Waals surface area contributed by atoms with Gasteiger partial charge < -0.3 is 15.2 Å². The van der Waals surface area contributed by atoms with E-state index < -0.39 is 0 Å². The molecule has 1 unspecified atom stereocenters. The highest BCUT2D eigenvalue weighted by molar-refractivity contribution is 9.10. The average molecular weight is 340 g/mol. The SMILES string of the molecule is NCCc1ccc(OC2CCOC3(CCC3)C2)c(Br)c1. The third-order valence-electron chi connectivity index (χ3n) is 4.44. The predicted molar refractivity (Wildman–Crippen MR) is 83.1 cm³/mol. The molecule has 0 amide bonds. The maximum atomic E-state index is 6.19. The van der Waals surface area contributed by atoms with Crippen LogP contribution in [0.4, 0.5) is 0 Å². The fraction of sp³-hybridized carbons (Fsp3) is 0.625. The minimum absolute atomic E-state index is 0.134. The van der Waals surface area contributed by atoms with Crippen molar-refractivity contribution >= 4 is 15.9 Å². The molecule has 1 aliphatic heterocycles. The number of nitrogens with two attached hydrogens (primary N) is 1. The van der Waals surface area contributed by atoms with E-state index in [0.29, 0.717) is 6.54 Å². The smallest absolute Gasteiger partial charge is 0.133 e. The van der Waals surface area contributed by atoms with Gasteiger partial charge in [0, 0.05) is 12.8 Å². The van der Waals surface area contributed by atoms with Crippen molar-refractivity contribution < 1.29 is 9.47 Å². The van der Waals surface area contributed by atoms with Crippen molar-refractivity contribution in [1.82, 2.24) is 0 Å². The lowest BCUT2D eigenvalue weighted by Gasteiger charge is -2.46. The van der Waals surface area contributed by atoms with Gasteiger partial charge in [-0.25, -0.2) is 0 Å². The first-order chi connectivity index (χ1) is 9.71. The van der Waals surface area contributed by atoms with Gasteiger partial charge in [0.2, 0.25) is 0 Å². The van der Waals surface area contributed by atoms with Gasteiger partial charge in [0.25, 0.3) is 0 Å². The van der Waals surface area contributed by atoms with E-state index in [0.717, 1.165) is 36.1 Å². The summed E-state index contributed by atoms with van der Waals surface area (Å²) >= 11 is 3.61. The van der Waals surface area contributed by atoms with Crippen molar-refractivity contribution in [2.45, 2.75) is 50.2 Å². The zero-order valence-corrected chi connectivity index (χ0v) is 13.3. The van der Waals surface area contributed by atoms with Gasteiger partial charge in [0.15, 0.2) is 0 Å². The molecular weight excluding hydrogens is 318 g/mol. The second-order valence-corrected chi connectivity index (χ2v) is 6.78. The highest BCUT2D eigenvalue weighted by atomic mass is 79.9. The molecule has 0 aromatic heterocycles. The Morgan fingerprint density at radius 2 is 2.25 bits per heavy atom. The highest BCUT2D eigenvalue weighted by Crippen LogP contribution is 2.43. The Balaban J connectivity index is 1.65. The first-order valence-electron chi connectivity index (χ1n) is 7.50. The van der Waals surface area contributed by atoms with Crippen LogP contribution in [0.25, 0.3) is 0 Å². The second kappa shape index (κ2) is 6.04. The molecule has 4 heteroatoms. The summed E-state index contributed by atoms with van der Waals surface area (Å²) in [4.78, 5) is 0. The zero-order chi connectivity index (χ0) is 14.0. The Morgan fingerprint density at radius 1 is 1.40 bits per heavy atom. The summed E-state index contributed by atoms with van der Waals surface area (Å²) in [5.41, 5.74) is 6.97. The summed E-state index contributed by atoms with van der Waals surface area (Å²) in [7, 11) is 0. The molecule has 1 heterocycles. The van der Waals surface area contributed by atoms with E-state index in [2.05, 4.69) is 34.1 Å². The lowest BCUT2D eigenvalue weighted by atomic mass is 9.74. The van der Waals surface area contributed by atoms with Crippen molar-refractivity contribution in [3.05, 3.63) is 28.2 Å². The number of benzene rings is 1. The molecule has 2 aliphatic rings. The lowest BCUT2D eigenvalue weighted by molar-refractivity contribution is -0.153. The molecule has 20 heavy (non-hydrogen) atoms. The Hall–Kier alpha value is -0.580. The minimum Gasteiger partial charge on any atom is -0.489 e. The van der Waals surface area contributed by atoms with Crippen LogP contribution >= 0.6 is 15.9 Å². The van der Waals surface area contributed by atoms with E-state index >= 15 is 0 Å². The molecule has 2 fully saturated rings. The fourth-order valence-electron chi connectivity index (χ4n) is 3.14. The molecule has 110 valence electrons. The first kappa shape index (κ1) is 14.4. The van der Waals surface area contributed by atoms with Crippen LogP contribution in [0.2, 0.25) is 0 Å². The van der Waals surface area contributed by atoms with Gasteiger partial charge in [-0.15, -0.1) is 0 Å². The summed E-state index contributed by atoms with van der Waals surface area (Å²) in [6.45, 7) is 1.50. The molecule has 1 aromatic carbocycles. The molecule has 1 atom stereocenters. The largest absolute Gasteiger partial charge is 0.489 e. The number of hydrogen-bond donors (Lipinski definition) is 1. The maximum Gasteiger partial charge on any atom is 0.133 e. The van der Waals surface area contributed by atoms with Gasteiger partial charge in [0.1, 0.15) is 11.9 Å². The van der Waals surface area contributed by atoms with Crippen molar-refractivity contribution in [2.75, 3.05) is 13.2 Å². The van der Waals surface area contributed by atoms with Crippen LogP contribution in [0.5, 0.6) is 5.75 Å². The molecule has 1 aliphatic carbocycles. The third kappa shape index (κ3) is 3.02. The number of halogens is 1. The molecule has 2 N–H and O–H groups in total. The second-order valence-electron chi connectivity index (χ2n) is 5.92. The van der Waals surface area contributed by atoms with Crippen LogP contribution in [0.3, 0.4) is 0 Å². The van der Waals surface area contributed by atoms with Crippen molar-refractivity contribution in [3.63, 3.8) is 0 Å². The molecule has 3 rings (SSSR count). The van der Waals surface area contributed by atoms with E-state index in [1.54, 1.807) is 0 Å². The van der Waals surface area contributed by atoms with Crippen molar-refractivity contribution in [3.8, 4) is 5.75 Å². The van der Waals surface area contributed by atoms with E-state index in [1.807, 2.05) is 0 Å². The summed E-state index contributed by atoms with van der Waals surface area (Å²) in [5.74, 6) is 0.937. The van der Waals surface area contributed by atoms with E-state index in [4.69, 9.17) is 15.2 Å². The summed E-state index contributed by atoms with van der Waals surface area (Å²) < 4.78 is 13.2. The molecule has 3 nitrogen and oxygen atoms in total.